The van der Waals surface area contributed by atoms with Crippen LogP contribution < -0.4 is 4.90 Å². The highest BCUT2D eigenvalue weighted by Crippen LogP contribution is 2.39. The number of carbonyl (C=O) groups excluding carboxylic acids is 1. The summed E-state index contributed by atoms with van der Waals surface area (Å²) in [5.41, 5.74) is -0.175. The first-order chi connectivity index (χ1) is 12.7. The Morgan fingerprint density at radius 1 is 1.30 bits per heavy atom. The van der Waals surface area contributed by atoms with Crippen LogP contribution in [0.25, 0.3) is 10.9 Å². The molecule has 7 nitrogen and oxygen atoms in total. The fourth-order valence-electron chi connectivity index (χ4n) is 4.10. The van der Waals surface area contributed by atoms with E-state index < -0.39 is 11.4 Å². The second-order valence-electron chi connectivity index (χ2n) is 8.25. The van der Waals surface area contributed by atoms with Crippen molar-refractivity contribution in [3.05, 3.63) is 17.2 Å². The molecule has 0 aromatic carbocycles. The summed E-state index contributed by atoms with van der Waals surface area (Å²) in [6.45, 7) is 6.72. The molecule has 146 valence electrons. The summed E-state index contributed by atoms with van der Waals surface area (Å²) >= 11 is 5.83. The molecule has 4 heterocycles. The topological polar surface area (TPSA) is 63.5 Å². The maximum atomic E-state index is 14.4. The van der Waals surface area contributed by atoms with Gasteiger partial charge in [0.05, 0.1) is 5.39 Å². The molecule has 27 heavy (non-hydrogen) atoms. The van der Waals surface area contributed by atoms with E-state index in [1.54, 1.807) is 18.1 Å². The van der Waals surface area contributed by atoms with Crippen LogP contribution in [0.1, 0.15) is 33.6 Å². The molecule has 2 unspecified atom stereocenters. The average molecular weight is 396 g/mol. The number of anilines is 1. The number of halogens is 2. The van der Waals surface area contributed by atoms with E-state index in [9.17, 15) is 9.18 Å². The SMILES string of the molecule is Cn1nc(N2C3CCC2CN(C(=O)OC(C)(C)C)C3)c2cnc(Cl)c(F)c21. The number of ether oxygens (including phenoxy) is 1. The number of piperazine rings is 1. The van der Waals surface area contributed by atoms with Gasteiger partial charge < -0.3 is 14.5 Å². The van der Waals surface area contributed by atoms with Crippen molar-refractivity contribution in [1.29, 1.82) is 0 Å². The molecule has 0 saturated carbocycles. The van der Waals surface area contributed by atoms with Crippen LogP contribution >= 0.6 is 11.6 Å². The number of aryl methyl sites for hydroxylation is 1. The third-order valence-corrected chi connectivity index (χ3v) is 5.40. The van der Waals surface area contributed by atoms with Gasteiger partial charge in [0, 0.05) is 38.4 Å². The van der Waals surface area contributed by atoms with Gasteiger partial charge >= 0.3 is 6.09 Å². The minimum atomic E-state index is -0.560. The summed E-state index contributed by atoms with van der Waals surface area (Å²) in [7, 11) is 1.70. The van der Waals surface area contributed by atoms with E-state index in [-0.39, 0.29) is 23.3 Å². The molecule has 0 N–H and O–H groups in total. The Kier molecular flexibility index (Phi) is 4.21. The molecule has 2 aliphatic rings. The molecule has 2 aromatic rings. The molecule has 2 atom stereocenters. The number of aromatic nitrogens is 3. The van der Waals surface area contributed by atoms with Gasteiger partial charge in [-0.2, -0.15) is 5.10 Å². The van der Waals surface area contributed by atoms with E-state index >= 15 is 0 Å². The fraction of sp³-hybridized carbons (Fsp3) is 0.611. The van der Waals surface area contributed by atoms with Crippen LogP contribution in [0.5, 0.6) is 0 Å². The fourth-order valence-corrected chi connectivity index (χ4v) is 4.23. The van der Waals surface area contributed by atoms with Crippen molar-refractivity contribution in [3.63, 3.8) is 0 Å². The Bertz CT molecular complexity index is 895. The first-order valence-electron chi connectivity index (χ1n) is 9.08. The number of hydrogen-bond acceptors (Lipinski definition) is 5. The molecule has 2 fully saturated rings. The lowest BCUT2D eigenvalue weighted by Gasteiger charge is -2.41. The Hall–Kier alpha value is -2.09. The summed E-state index contributed by atoms with van der Waals surface area (Å²) in [6.07, 6.45) is 3.18. The van der Waals surface area contributed by atoms with Crippen molar-refractivity contribution in [3.8, 4) is 0 Å². The first-order valence-corrected chi connectivity index (χ1v) is 9.46. The number of hydrogen-bond donors (Lipinski definition) is 0. The van der Waals surface area contributed by atoms with E-state index in [2.05, 4.69) is 15.0 Å². The van der Waals surface area contributed by atoms with Gasteiger partial charge in [0.2, 0.25) is 0 Å². The molecular weight excluding hydrogens is 373 g/mol. The Morgan fingerprint density at radius 2 is 1.93 bits per heavy atom. The highest BCUT2D eigenvalue weighted by atomic mass is 35.5. The number of likely N-dealkylation sites (tertiary alicyclic amines) is 1. The van der Waals surface area contributed by atoms with Gasteiger partial charge in [-0.15, -0.1) is 0 Å². The van der Waals surface area contributed by atoms with Crippen LogP contribution in [0.2, 0.25) is 5.15 Å². The van der Waals surface area contributed by atoms with E-state index in [0.29, 0.717) is 29.8 Å². The number of nitrogens with zero attached hydrogens (tertiary/aromatic N) is 5. The highest BCUT2D eigenvalue weighted by Gasteiger charge is 2.44. The predicted molar refractivity (Wildman–Crippen MR) is 101 cm³/mol. The third kappa shape index (κ3) is 3.09. The van der Waals surface area contributed by atoms with Crippen molar-refractivity contribution in [2.45, 2.75) is 51.3 Å². The zero-order chi connectivity index (χ0) is 19.5. The van der Waals surface area contributed by atoms with Gasteiger partial charge in [-0.25, -0.2) is 14.2 Å². The summed E-state index contributed by atoms with van der Waals surface area (Å²) in [6, 6.07) is 0.237. The zero-order valence-corrected chi connectivity index (χ0v) is 16.6. The monoisotopic (exact) mass is 395 g/mol. The van der Waals surface area contributed by atoms with Gasteiger partial charge in [0.15, 0.2) is 16.8 Å². The molecular formula is C18H23ClFN5O2. The van der Waals surface area contributed by atoms with Gasteiger partial charge in [-0.05, 0) is 33.6 Å². The lowest BCUT2D eigenvalue weighted by molar-refractivity contribution is 0.0209. The first kappa shape index (κ1) is 18.3. The average Bonchev–Trinajstić information content (AvgIpc) is 3.02. The number of fused-ring (bicyclic) bond motifs is 3. The van der Waals surface area contributed by atoms with Crippen LogP contribution in [0, 0.1) is 5.82 Å². The molecule has 0 radical (unpaired) electrons. The normalized spacial score (nSPS) is 22.6. The van der Waals surface area contributed by atoms with Crippen LogP contribution in [0.3, 0.4) is 0 Å². The summed E-state index contributed by atoms with van der Waals surface area (Å²) in [5.74, 6) is 0.141. The van der Waals surface area contributed by atoms with E-state index in [4.69, 9.17) is 16.3 Å². The molecule has 2 saturated heterocycles. The predicted octanol–water partition coefficient (Wildman–Crippen LogP) is 3.35. The Morgan fingerprint density at radius 3 is 2.52 bits per heavy atom. The summed E-state index contributed by atoms with van der Waals surface area (Å²) in [5, 5.41) is 5.04. The van der Waals surface area contributed by atoms with Crippen LogP contribution in [0.4, 0.5) is 15.0 Å². The van der Waals surface area contributed by atoms with Gasteiger partial charge in [-0.3, -0.25) is 4.68 Å². The Balaban J connectivity index is 1.64. The van der Waals surface area contributed by atoms with Gasteiger partial charge in [-0.1, -0.05) is 11.6 Å². The van der Waals surface area contributed by atoms with Crippen LogP contribution in [-0.4, -0.2) is 56.5 Å². The minimum absolute atomic E-state index is 0.119. The molecule has 0 spiro atoms. The largest absolute Gasteiger partial charge is 0.444 e. The molecule has 2 aromatic heterocycles. The molecule has 1 amide bonds. The third-order valence-electron chi connectivity index (χ3n) is 5.14. The van der Waals surface area contributed by atoms with Crippen molar-refractivity contribution < 1.29 is 13.9 Å². The molecule has 4 rings (SSSR count). The smallest absolute Gasteiger partial charge is 0.410 e. The number of amides is 1. The van der Waals surface area contributed by atoms with E-state index in [1.165, 1.54) is 4.68 Å². The molecule has 9 heteroatoms. The van der Waals surface area contributed by atoms with Crippen molar-refractivity contribution in [2.75, 3.05) is 18.0 Å². The summed E-state index contributed by atoms with van der Waals surface area (Å²) < 4.78 is 21.5. The van der Waals surface area contributed by atoms with E-state index in [0.717, 1.165) is 12.8 Å². The maximum absolute atomic E-state index is 14.4. The number of carbonyl (C=O) groups is 1. The Labute approximate surface area is 162 Å². The number of pyridine rings is 1. The molecule has 2 bridgehead atoms. The van der Waals surface area contributed by atoms with Crippen molar-refractivity contribution in [2.24, 2.45) is 7.05 Å². The van der Waals surface area contributed by atoms with Crippen LogP contribution in [0.15, 0.2) is 6.20 Å². The lowest BCUT2D eigenvalue weighted by atomic mass is 10.1. The van der Waals surface area contributed by atoms with Crippen LogP contribution in [-0.2, 0) is 11.8 Å². The second kappa shape index (κ2) is 6.22. The second-order valence-corrected chi connectivity index (χ2v) is 8.61. The summed E-state index contributed by atoms with van der Waals surface area (Å²) in [4.78, 5) is 20.4. The highest BCUT2D eigenvalue weighted by molar-refractivity contribution is 6.30. The standard InChI is InChI=1S/C18H23ClFN5O2/c1-18(2,3)27-17(26)24-8-10-5-6-11(9-24)25(10)16-12-7-21-15(19)13(20)14(12)23(4)22-16/h7,10-11H,5-6,8-9H2,1-4H3. The van der Waals surface area contributed by atoms with Crippen molar-refractivity contribution >= 4 is 34.4 Å². The number of rotatable bonds is 1. The van der Waals surface area contributed by atoms with Crippen molar-refractivity contribution in [1.82, 2.24) is 19.7 Å². The lowest BCUT2D eigenvalue weighted by Crippen LogP contribution is -2.56. The zero-order valence-electron chi connectivity index (χ0n) is 15.9. The maximum Gasteiger partial charge on any atom is 0.410 e. The molecule has 2 aliphatic heterocycles. The molecule has 0 aliphatic carbocycles. The van der Waals surface area contributed by atoms with E-state index in [1.807, 2.05) is 20.8 Å². The minimum Gasteiger partial charge on any atom is -0.444 e. The quantitative estimate of drug-likeness (QED) is 0.693. The van der Waals surface area contributed by atoms with Gasteiger partial charge in [0.25, 0.3) is 0 Å². The van der Waals surface area contributed by atoms with Gasteiger partial charge in [0.1, 0.15) is 11.1 Å².